The Kier molecular flexibility index (Phi) is 5.81. The summed E-state index contributed by atoms with van der Waals surface area (Å²) in [5.41, 5.74) is 0.564. The molecule has 0 saturated carbocycles. The van der Waals surface area contributed by atoms with E-state index in [0.29, 0.717) is 10.2 Å². The molecule has 0 aliphatic heterocycles. The number of carbonyl (C=O) groups is 2. The van der Waals surface area contributed by atoms with Crippen LogP contribution in [0.4, 0.5) is 10.5 Å². The Morgan fingerprint density at radius 3 is 2.37 bits per heavy atom. The minimum atomic E-state index is -1.06. The van der Waals surface area contributed by atoms with Crippen molar-refractivity contribution in [1.82, 2.24) is 5.32 Å². The Bertz CT molecular complexity index is 492. The van der Waals surface area contributed by atoms with E-state index in [1.165, 1.54) is 0 Å². The van der Waals surface area contributed by atoms with E-state index in [9.17, 15) is 9.59 Å². The van der Waals surface area contributed by atoms with Crippen LogP contribution < -0.4 is 10.6 Å². The lowest BCUT2D eigenvalue weighted by molar-refractivity contribution is -0.140. The molecule has 1 aromatic rings. The van der Waals surface area contributed by atoms with E-state index >= 15 is 0 Å². The normalized spacial score (nSPS) is 12.1. The third-order valence-corrected chi connectivity index (χ3v) is 3.55. The molecule has 0 radical (unpaired) electrons. The largest absolute Gasteiger partial charge is 0.480 e. The molecule has 0 spiro atoms. The lowest BCUT2D eigenvalue weighted by atomic mass is 10.1. The zero-order chi connectivity index (χ0) is 14.6. The van der Waals surface area contributed by atoms with Gasteiger partial charge >= 0.3 is 12.0 Å². The van der Waals surface area contributed by atoms with Crippen molar-refractivity contribution in [3.05, 3.63) is 27.1 Å². The fraction of sp³-hybridized carbons (Fsp3) is 0.333. The van der Waals surface area contributed by atoms with E-state index in [-0.39, 0.29) is 5.92 Å². The van der Waals surface area contributed by atoms with Crippen LogP contribution in [0.15, 0.2) is 27.1 Å². The Morgan fingerprint density at radius 1 is 1.26 bits per heavy atom. The van der Waals surface area contributed by atoms with Gasteiger partial charge < -0.3 is 15.7 Å². The van der Waals surface area contributed by atoms with Crippen molar-refractivity contribution in [2.24, 2.45) is 5.92 Å². The summed E-state index contributed by atoms with van der Waals surface area (Å²) in [7, 11) is 0. The van der Waals surface area contributed by atoms with E-state index in [0.717, 1.165) is 4.47 Å². The SMILES string of the molecule is CC(C)[C@H](NC(=O)Nc1ccc(Br)cc1Br)C(=O)O. The fourth-order valence-corrected chi connectivity index (χ4v) is 2.55. The maximum atomic E-state index is 11.8. The molecule has 0 fully saturated rings. The Labute approximate surface area is 128 Å². The minimum absolute atomic E-state index is 0.198. The predicted octanol–water partition coefficient (Wildman–Crippen LogP) is 3.44. The van der Waals surface area contributed by atoms with Crippen molar-refractivity contribution in [2.75, 3.05) is 5.32 Å². The molecular weight excluding hydrogens is 380 g/mol. The lowest BCUT2D eigenvalue weighted by Gasteiger charge is -2.18. The fourth-order valence-electron chi connectivity index (χ4n) is 1.40. The number of nitrogens with one attached hydrogen (secondary N) is 2. The van der Waals surface area contributed by atoms with Crippen molar-refractivity contribution in [3.63, 3.8) is 0 Å². The number of aliphatic carboxylic acids is 1. The van der Waals surface area contributed by atoms with Gasteiger partial charge in [-0.05, 0) is 40.0 Å². The number of hydrogen-bond donors (Lipinski definition) is 3. The zero-order valence-corrected chi connectivity index (χ0v) is 13.6. The number of amides is 2. The van der Waals surface area contributed by atoms with Crippen LogP contribution in [-0.4, -0.2) is 23.1 Å². The molecule has 1 aromatic carbocycles. The monoisotopic (exact) mass is 392 g/mol. The highest BCUT2D eigenvalue weighted by atomic mass is 79.9. The van der Waals surface area contributed by atoms with E-state index < -0.39 is 18.0 Å². The molecule has 19 heavy (non-hydrogen) atoms. The van der Waals surface area contributed by atoms with Gasteiger partial charge in [0.05, 0.1) is 5.69 Å². The maximum absolute atomic E-state index is 11.8. The summed E-state index contributed by atoms with van der Waals surface area (Å²) in [6.45, 7) is 3.46. The molecule has 0 unspecified atom stereocenters. The highest BCUT2D eigenvalue weighted by molar-refractivity contribution is 9.11. The van der Waals surface area contributed by atoms with Gasteiger partial charge in [0.25, 0.3) is 0 Å². The topological polar surface area (TPSA) is 78.4 Å². The van der Waals surface area contributed by atoms with Gasteiger partial charge in [-0.1, -0.05) is 29.8 Å². The van der Waals surface area contributed by atoms with Crippen LogP contribution >= 0.6 is 31.9 Å². The summed E-state index contributed by atoms with van der Waals surface area (Å²) in [6, 6.07) is 3.79. The first-order chi connectivity index (χ1) is 8.81. The molecule has 0 aliphatic carbocycles. The average Bonchev–Trinajstić information content (AvgIpc) is 2.29. The first kappa shape index (κ1) is 16.0. The van der Waals surface area contributed by atoms with Crippen molar-refractivity contribution in [3.8, 4) is 0 Å². The average molecular weight is 394 g/mol. The molecule has 1 rings (SSSR count). The van der Waals surface area contributed by atoms with Crippen LogP contribution in [0, 0.1) is 5.92 Å². The van der Waals surface area contributed by atoms with Crippen LogP contribution in [0.25, 0.3) is 0 Å². The molecule has 7 heteroatoms. The maximum Gasteiger partial charge on any atom is 0.326 e. The highest BCUT2D eigenvalue weighted by Crippen LogP contribution is 2.26. The van der Waals surface area contributed by atoms with Crippen molar-refractivity contribution >= 4 is 49.5 Å². The van der Waals surface area contributed by atoms with Gasteiger partial charge in [-0.2, -0.15) is 0 Å². The second-order valence-electron chi connectivity index (χ2n) is 4.28. The molecule has 2 amide bonds. The van der Waals surface area contributed by atoms with E-state index in [2.05, 4.69) is 42.5 Å². The van der Waals surface area contributed by atoms with Crippen LogP contribution in [0.3, 0.4) is 0 Å². The smallest absolute Gasteiger partial charge is 0.326 e. The van der Waals surface area contributed by atoms with Crippen LogP contribution in [-0.2, 0) is 4.79 Å². The van der Waals surface area contributed by atoms with Crippen LogP contribution in [0.1, 0.15) is 13.8 Å². The van der Waals surface area contributed by atoms with Crippen LogP contribution in [0.2, 0.25) is 0 Å². The molecule has 1 atom stereocenters. The first-order valence-corrected chi connectivity index (χ1v) is 7.15. The number of carbonyl (C=O) groups excluding carboxylic acids is 1. The van der Waals surface area contributed by atoms with Gasteiger partial charge in [0.15, 0.2) is 0 Å². The molecular formula is C12H14Br2N2O3. The van der Waals surface area contributed by atoms with E-state index in [1.807, 2.05) is 0 Å². The van der Waals surface area contributed by atoms with Crippen molar-refractivity contribution in [1.29, 1.82) is 0 Å². The molecule has 5 nitrogen and oxygen atoms in total. The summed E-state index contributed by atoms with van der Waals surface area (Å²) in [5.74, 6) is -1.25. The molecule has 0 aliphatic rings. The summed E-state index contributed by atoms with van der Waals surface area (Å²) in [4.78, 5) is 22.7. The van der Waals surface area contributed by atoms with E-state index in [1.54, 1.807) is 32.0 Å². The number of carboxylic acid groups (broad SMARTS) is 1. The van der Waals surface area contributed by atoms with Gasteiger partial charge in [0.2, 0.25) is 0 Å². The Balaban J connectivity index is 2.72. The van der Waals surface area contributed by atoms with Crippen molar-refractivity contribution < 1.29 is 14.7 Å². The number of hydrogen-bond acceptors (Lipinski definition) is 2. The Hall–Kier alpha value is -1.08. The molecule has 0 heterocycles. The number of benzene rings is 1. The molecule has 0 bridgehead atoms. The molecule has 104 valence electrons. The standard InChI is InChI=1S/C12H14Br2N2O3/c1-6(2)10(11(17)18)16-12(19)15-9-4-3-7(13)5-8(9)14/h3-6,10H,1-2H3,(H,17,18)(H2,15,16,19)/t10-/m0/s1. The number of urea groups is 1. The molecule has 0 aromatic heterocycles. The quantitative estimate of drug-likeness (QED) is 0.733. The van der Waals surface area contributed by atoms with E-state index in [4.69, 9.17) is 5.11 Å². The lowest BCUT2D eigenvalue weighted by Crippen LogP contribution is -2.46. The van der Waals surface area contributed by atoms with Gasteiger partial charge in [-0.15, -0.1) is 0 Å². The van der Waals surface area contributed by atoms with Crippen molar-refractivity contribution in [2.45, 2.75) is 19.9 Å². The second kappa shape index (κ2) is 6.91. The van der Waals surface area contributed by atoms with Gasteiger partial charge in [-0.25, -0.2) is 9.59 Å². The number of halogens is 2. The first-order valence-electron chi connectivity index (χ1n) is 5.56. The number of rotatable bonds is 4. The highest BCUT2D eigenvalue weighted by Gasteiger charge is 2.23. The van der Waals surface area contributed by atoms with Gasteiger partial charge in [0, 0.05) is 8.95 Å². The number of carboxylic acids is 1. The summed E-state index contributed by atoms with van der Waals surface area (Å²) in [5, 5.41) is 14.0. The summed E-state index contributed by atoms with van der Waals surface area (Å²) >= 11 is 6.62. The van der Waals surface area contributed by atoms with Gasteiger partial charge in [-0.3, -0.25) is 0 Å². The Morgan fingerprint density at radius 2 is 1.89 bits per heavy atom. The number of anilines is 1. The summed E-state index contributed by atoms with van der Waals surface area (Å²) < 4.78 is 1.57. The van der Waals surface area contributed by atoms with Crippen LogP contribution in [0.5, 0.6) is 0 Å². The molecule has 0 saturated heterocycles. The predicted molar refractivity (Wildman–Crippen MR) is 80.3 cm³/mol. The van der Waals surface area contributed by atoms with Gasteiger partial charge in [0.1, 0.15) is 6.04 Å². The third-order valence-electron chi connectivity index (χ3n) is 2.40. The third kappa shape index (κ3) is 4.83. The molecule has 3 N–H and O–H groups in total. The summed E-state index contributed by atoms with van der Waals surface area (Å²) in [6.07, 6.45) is 0. The second-order valence-corrected chi connectivity index (χ2v) is 6.05. The zero-order valence-electron chi connectivity index (χ0n) is 10.4. The minimum Gasteiger partial charge on any atom is -0.480 e.